The second-order valence-electron chi connectivity index (χ2n) is 4.91. The van der Waals surface area contributed by atoms with Crippen molar-refractivity contribution in [2.24, 2.45) is 5.92 Å². The molecular weight excluding hydrogens is 222 g/mol. The van der Waals surface area contributed by atoms with Crippen LogP contribution in [0.15, 0.2) is 18.2 Å². The minimum Gasteiger partial charge on any atom is -0.364 e. The van der Waals surface area contributed by atoms with Gasteiger partial charge in [0.1, 0.15) is 17.3 Å². The van der Waals surface area contributed by atoms with E-state index in [4.69, 9.17) is 0 Å². The van der Waals surface area contributed by atoms with Crippen LogP contribution in [0.2, 0.25) is 0 Å². The Morgan fingerprint density at radius 2 is 1.88 bits per heavy atom. The highest BCUT2D eigenvalue weighted by molar-refractivity contribution is 5.49. The Balaban J connectivity index is 1.82. The molecule has 17 heavy (non-hydrogen) atoms. The smallest absolute Gasteiger partial charge is 0.149 e. The predicted molar refractivity (Wildman–Crippen MR) is 63.1 cm³/mol. The van der Waals surface area contributed by atoms with Gasteiger partial charge >= 0.3 is 0 Å². The van der Waals surface area contributed by atoms with Gasteiger partial charge in [-0.15, -0.1) is 0 Å². The Morgan fingerprint density at radius 1 is 1.18 bits per heavy atom. The number of piperazine rings is 1. The van der Waals surface area contributed by atoms with Gasteiger partial charge in [-0.3, -0.25) is 0 Å². The van der Waals surface area contributed by atoms with Crippen LogP contribution in [0.25, 0.3) is 0 Å². The zero-order chi connectivity index (χ0) is 11.8. The van der Waals surface area contributed by atoms with E-state index in [2.05, 4.69) is 5.32 Å². The summed E-state index contributed by atoms with van der Waals surface area (Å²) in [6.07, 6.45) is 2.48. The molecule has 1 aromatic rings. The molecule has 92 valence electrons. The van der Waals surface area contributed by atoms with Crippen molar-refractivity contribution in [2.75, 3.05) is 24.5 Å². The lowest BCUT2D eigenvalue weighted by molar-refractivity contribution is 0.412. The highest BCUT2D eigenvalue weighted by Gasteiger charge is 2.35. The maximum absolute atomic E-state index is 13.7. The lowest BCUT2D eigenvalue weighted by Crippen LogP contribution is -2.52. The summed E-state index contributed by atoms with van der Waals surface area (Å²) in [5.74, 6) is -0.212. The molecule has 0 amide bonds. The molecule has 0 radical (unpaired) electrons. The Hall–Kier alpha value is -1.16. The molecule has 3 rings (SSSR count). The fourth-order valence-electron chi connectivity index (χ4n) is 2.59. The molecule has 1 aliphatic carbocycles. The third-order valence-electron chi connectivity index (χ3n) is 3.65. The third kappa shape index (κ3) is 2.14. The lowest BCUT2D eigenvalue weighted by atomic mass is 10.1. The van der Waals surface area contributed by atoms with Gasteiger partial charge in [-0.25, -0.2) is 8.78 Å². The van der Waals surface area contributed by atoms with E-state index in [0.29, 0.717) is 25.0 Å². The summed E-state index contributed by atoms with van der Waals surface area (Å²) >= 11 is 0. The lowest BCUT2D eigenvalue weighted by Gasteiger charge is -2.35. The molecule has 2 aliphatic rings. The van der Waals surface area contributed by atoms with Crippen molar-refractivity contribution in [3.63, 3.8) is 0 Å². The van der Waals surface area contributed by atoms with Crippen LogP contribution in [0.1, 0.15) is 12.8 Å². The Labute approximate surface area is 99.6 Å². The first-order chi connectivity index (χ1) is 8.25. The van der Waals surface area contributed by atoms with E-state index in [-0.39, 0.29) is 5.69 Å². The Kier molecular flexibility index (Phi) is 2.74. The monoisotopic (exact) mass is 238 g/mol. The molecule has 1 aliphatic heterocycles. The summed E-state index contributed by atoms with van der Waals surface area (Å²) in [5, 5.41) is 3.43. The van der Waals surface area contributed by atoms with Gasteiger partial charge in [0.25, 0.3) is 0 Å². The van der Waals surface area contributed by atoms with Crippen LogP contribution in [0, 0.1) is 17.6 Å². The maximum Gasteiger partial charge on any atom is 0.149 e. The van der Waals surface area contributed by atoms with Crippen molar-refractivity contribution in [1.29, 1.82) is 0 Å². The molecule has 1 saturated heterocycles. The fraction of sp³-hybridized carbons (Fsp3) is 0.538. The second kappa shape index (κ2) is 4.26. The molecule has 1 heterocycles. The van der Waals surface area contributed by atoms with Gasteiger partial charge in [-0.05, 0) is 30.9 Å². The number of rotatable bonds is 2. The highest BCUT2D eigenvalue weighted by Crippen LogP contribution is 2.35. The van der Waals surface area contributed by atoms with Gasteiger partial charge in [0.2, 0.25) is 0 Å². The van der Waals surface area contributed by atoms with E-state index in [9.17, 15) is 8.78 Å². The summed E-state index contributed by atoms with van der Waals surface area (Å²) in [6, 6.07) is 4.45. The molecule has 2 nitrogen and oxygen atoms in total. The maximum atomic E-state index is 13.7. The molecule has 1 unspecified atom stereocenters. The number of nitrogens with one attached hydrogen (secondary N) is 1. The molecular formula is C13H16F2N2. The van der Waals surface area contributed by atoms with Gasteiger partial charge in [0, 0.05) is 25.7 Å². The van der Waals surface area contributed by atoms with Crippen molar-refractivity contribution in [3.05, 3.63) is 29.8 Å². The molecule has 1 aromatic carbocycles. The van der Waals surface area contributed by atoms with Crippen LogP contribution in [-0.4, -0.2) is 25.7 Å². The molecule has 2 fully saturated rings. The number of hydrogen-bond donors (Lipinski definition) is 1. The van der Waals surface area contributed by atoms with Gasteiger partial charge in [0.15, 0.2) is 0 Å². The van der Waals surface area contributed by atoms with Crippen molar-refractivity contribution in [1.82, 2.24) is 5.32 Å². The van der Waals surface area contributed by atoms with Gasteiger partial charge in [-0.2, -0.15) is 0 Å². The summed E-state index contributed by atoms with van der Waals surface area (Å²) in [7, 11) is 0. The Bertz CT molecular complexity index is 398. The number of hydrogen-bond acceptors (Lipinski definition) is 2. The summed E-state index contributed by atoms with van der Waals surface area (Å²) in [6.45, 7) is 2.18. The molecule has 1 saturated carbocycles. The first kappa shape index (κ1) is 11.0. The van der Waals surface area contributed by atoms with Crippen molar-refractivity contribution in [3.8, 4) is 0 Å². The van der Waals surface area contributed by atoms with E-state index in [1.165, 1.54) is 31.0 Å². The average Bonchev–Trinajstić information content (AvgIpc) is 3.13. The first-order valence-electron chi connectivity index (χ1n) is 6.18. The van der Waals surface area contributed by atoms with Crippen molar-refractivity contribution in [2.45, 2.75) is 18.9 Å². The van der Waals surface area contributed by atoms with Crippen LogP contribution >= 0.6 is 0 Å². The van der Waals surface area contributed by atoms with Crippen molar-refractivity contribution < 1.29 is 8.78 Å². The first-order valence-corrected chi connectivity index (χ1v) is 6.18. The zero-order valence-corrected chi connectivity index (χ0v) is 9.63. The standard InChI is InChI=1S/C13H16F2N2/c14-10-2-1-3-11(15)13(10)17-7-6-16-12(8-17)9-4-5-9/h1-3,9,12,16H,4-8H2. The third-order valence-corrected chi connectivity index (χ3v) is 3.65. The van der Waals surface area contributed by atoms with Gasteiger partial charge in [-0.1, -0.05) is 6.07 Å². The van der Waals surface area contributed by atoms with Crippen LogP contribution < -0.4 is 10.2 Å². The van der Waals surface area contributed by atoms with Crippen LogP contribution in [0.4, 0.5) is 14.5 Å². The van der Waals surface area contributed by atoms with E-state index in [1.807, 2.05) is 4.90 Å². The average molecular weight is 238 g/mol. The minimum absolute atomic E-state index is 0.139. The zero-order valence-electron chi connectivity index (χ0n) is 9.63. The summed E-state index contributed by atoms with van der Waals surface area (Å²) in [4.78, 5) is 1.84. The Morgan fingerprint density at radius 3 is 2.53 bits per heavy atom. The van der Waals surface area contributed by atoms with E-state index < -0.39 is 11.6 Å². The number of halogens is 2. The van der Waals surface area contributed by atoms with Crippen molar-refractivity contribution >= 4 is 5.69 Å². The van der Waals surface area contributed by atoms with Crippen LogP contribution in [0.5, 0.6) is 0 Å². The van der Waals surface area contributed by atoms with E-state index >= 15 is 0 Å². The van der Waals surface area contributed by atoms with Gasteiger partial charge in [0.05, 0.1) is 0 Å². The van der Waals surface area contributed by atoms with E-state index in [1.54, 1.807) is 0 Å². The molecule has 0 spiro atoms. The fourth-order valence-corrected chi connectivity index (χ4v) is 2.59. The number of para-hydroxylation sites is 1. The summed E-state index contributed by atoms with van der Waals surface area (Å²) < 4.78 is 27.4. The minimum atomic E-state index is -0.457. The molecule has 1 N–H and O–H groups in total. The molecule has 0 bridgehead atoms. The van der Waals surface area contributed by atoms with E-state index in [0.717, 1.165) is 6.54 Å². The quantitative estimate of drug-likeness (QED) is 0.849. The van der Waals surface area contributed by atoms with Gasteiger partial charge < -0.3 is 10.2 Å². The predicted octanol–water partition coefficient (Wildman–Crippen LogP) is 2.15. The topological polar surface area (TPSA) is 15.3 Å². The normalized spacial score (nSPS) is 25.1. The SMILES string of the molecule is Fc1cccc(F)c1N1CCNC(C2CC2)C1. The molecule has 0 aromatic heterocycles. The molecule has 4 heteroatoms. The van der Waals surface area contributed by atoms with Crippen LogP contribution in [-0.2, 0) is 0 Å². The van der Waals surface area contributed by atoms with Crippen LogP contribution in [0.3, 0.4) is 0 Å². The number of nitrogens with zero attached hydrogens (tertiary/aromatic N) is 1. The number of anilines is 1. The largest absolute Gasteiger partial charge is 0.364 e. The second-order valence-corrected chi connectivity index (χ2v) is 4.91. The molecule has 1 atom stereocenters. The summed E-state index contributed by atoms with van der Waals surface area (Å²) in [5.41, 5.74) is 0.139. The highest BCUT2D eigenvalue weighted by atomic mass is 19.1. The number of benzene rings is 1.